The number of carbonyl (C=O) groups is 1. The lowest BCUT2D eigenvalue weighted by molar-refractivity contribution is -0.122. The molecule has 164 valence electrons. The van der Waals surface area contributed by atoms with Gasteiger partial charge in [0.2, 0.25) is 0 Å². The molecule has 3 heterocycles. The van der Waals surface area contributed by atoms with Gasteiger partial charge in [-0.1, -0.05) is 59.8 Å². The van der Waals surface area contributed by atoms with Gasteiger partial charge in [0.15, 0.2) is 0 Å². The maximum atomic E-state index is 13.2. The zero-order valence-corrected chi connectivity index (χ0v) is 19.4. The van der Waals surface area contributed by atoms with Gasteiger partial charge >= 0.3 is 0 Å². The zero-order valence-electron chi connectivity index (χ0n) is 17.0. The van der Waals surface area contributed by atoms with Crippen LogP contribution in [0.2, 0.25) is 5.02 Å². The van der Waals surface area contributed by atoms with E-state index in [2.05, 4.69) is 10.3 Å². The largest absolute Gasteiger partial charge is 0.395 e. The van der Waals surface area contributed by atoms with Gasteiger partial charge in [0.1, 0.15) is 15.8 Å². The lowest BCUT2D eigenvalue weighted by Crippen LogP contribution is -2.27. The van der Waals surface area contributed by atoms with Gasteiger partial charge in [-0.2, -0.15) is 0 Å². The number of hydrogen-bond acceptors (Lipinski definition) is 7. The molecular weight excluding hydrogens is 468 g/mol. The monoisotopic (exact) mass is 486 g/mol. The number of thioether (sulfide) groups is 1. The van der Waals surface area contributed by atoms with E-state index in [0.29, 0.717) is 25.7 Å². The molecule has 0 aliphatic carbocycles. The summed E-state index contributed by atoms with van der Waals surface area (Å²) in [4.78, 5) is 32.7. The minimum Gasteiger partial charge on any atom is -0.395 e. The number of amides is 1. The zero-order chi connectivity index (χ0) is 22.8. The maximum Gasteiger partial charge on any atom is 0.267 e. The molecule has 0 bridgehead atoms. The van der Waals surface area contributed by atoms with Crippen LogP contribution in [0.25, 0.3) is 11.7 Å². The number of nitrogens with zero attached hydrogens (tertiary/aromatic N) is 3. The lowest BCUT2D eigenvalue weighted by atomic mass is 10.2. The number of halogens is 1. The summed E-state index contributed by atoms with van der Waals surface area (Å²) in [5.41, 5.74) is 2.01. The molecule has 32 heavy (non-hydrogen) atoms. The molecule has 1 amide bonds. The van der Waals surface area contributed by atoms with Crippen molar-refractivity contribution in [3.63, 3.8) is 0 Å². The highest BCUT2D eigenvalue weighted by Gasteiger charge is 2.33. The molecule has 0 saturated carbocycles. The molecule has 7 nitrogen and oxygen atoms in total. The Morgan fingerprint density at radius 1 is 1.25 bits per heavy atom. The Hall–Kier alpha value is -2.72. The molecular formula is C22H19ClN4O3S2. The number of aryl methyl sites for hydroxylation is 1. The van der Waals surface area contributed by atoms with Crippen LogP contribution in [0, 0.1) is 6.92 Å². The first-order valence-electron chi connectivity index (χ1n) is 9.76. The van der Waals surface area contributed by atoms with Crippen molar-refractivity contribution in [3.05, 3.63) is 79.6 Å². The molecule has 1 aromatic carbocycles. The quantitative estimate of drug-likeness (QED) is 0.407. The summed E-state index contributed by atoms with van der Waals surface area (Å²) >= 11 is 12.8. The second kappa shape index (κ2) is 9.41. The summed E-state index contributed by atoms with van der Waals surface area (Å²) in [5.74, 6) is -0.00325. The second-order valence-electron chi connectivity index (χ2n) is 7.07. The van der Waals surface area contributed by atoms with Crippen LogP contribution in [0.3, 0.4) is 0 Å². The molecule has 1 saturated heterocycles. The predicted molar refractivity (Wildman–Crippen MR) is 132 cm³/mol. The Morgan fingerprint density at radius 3 is 2.78 bits per heavy atom. The fourth-order valence-corrected chi connectivity index (χ4v) is 4.75. The Balaban J connectivity index is 1.76. The molecule has 1 fully saturated rings. The number of hydrogen-bond donors (Lipinski definition) is 2. The third-order valence-corrected chi connectivity index (χ3v) is 6.67. The van der Waals surface area contributed by atoms with Gasteiger partial charge in [-0.3, -0.25) is 18.9 Å². The number of nitrogens with one attached hydrogen (secondary N) is 1. The van der Waals surface area contributed by atoms with E-state index in [-0.39, 0.29) is 36.7 Å². The van der Waals surface area contributed by atoms with Gasteiger partial charge in [-0.25, -0.2) is 4.98 Å². The number of aromatic nitrogens is 2. The van der Waals surface area contributed by atoms with E-state index >= 15 is 0 Å². The van der Waals surface area contributed by atoms with Crippen molar-refractivity contribution in [1.29, 1.82) is 0 Å². The van der Waals surface area contributed by atoms with E-state index in [1.54, 1.807) is 18.3 Å². The predicted octanol–water partition coefficient (Wildman–Crippen LogP) is 3.46. The normalized spacial score (nSPS) is 15.2. The number of anilines is 1. The van der Waals surface area contributed by atoms with Crippen LogP contribution in [-0.2, 0) is 11.3 Å². The minimum absolute atomic E-state index is 0.131. The number of carbonyl (C=O) groups excluding carboxylic acids is 1. The highest BCUT2D eigenvalue weighted by molar-refractivity contribution is 8.26. The maximum absolute atomic E-state index is 13.2. The van der Waals surface area contributed by atoms with Gasteiger partial charge in [0.05, 0.1) is 23.6 Å². The summed E-state index contributed by atoms with van der Waals surface area (Å²) in [6.07, 6.45) is 3.14. The summed E-state index contributed by atoms with van der Waals surface area (Å²) < 4.78 is 1.83. The van der Waals surface area contributed by atoms with E-state index in [1.165, 1.54) is 15.4 Å². The molecule has 10 heteroatoms. The number of fused-ring (bicyclic) bond motifs is 1. The third-order valence-electron chi connectivity index (χ3n) is 4.92. The van der Waals surface area contributed by atoms with Crippen LogP contribution in [-0.4, -0.2) is 42.8 Å². The van der Waals surface area contributed by atoms with E-state index in [9.17, 15) is 14.7 Å². The fourth-order valence-electron chi connectivity index (χ4n) is 3.32. The molecule has 0 radical (unpaired) electrons. The molecule has 2 N–H and O–H groups in total. The first-order valence-corrected chi connectivity index (χ1v) is 11.4. The molecule has 4 rings (SSSR count). The Kier molecular flexibility index (Phi) is 6.61. The van der Waals surface area contributed by atoms with Crippen LogP contribution in [0.15, 0.2) is 52.3 Å². The molecule has 0 atom stereocenters. The van der Waals surface area contributed by atoms with E-state index < -0.39 is 0 Å². The van der Waals surface area contributed by atoms with Gasteiger partial charge in [0.25, 0.3) is 11.5 Å². The topological polar surface area (TPSA) is 86.9 Å². The minimum atomic E-state index is -0.324. The van der Waals surface area contributed by atoms with Crippen LogP contribution in [0.5, 0.6) is 0 Å². The van der Waals surface area contributed by atoms with Crippen molar-refractivity contribution in [1.82, 2.24) is 14.3 Å². The van der Waals surface area contributed by atoms with Gasteiger partial charge in [-0.05, 0) is 36.3 Å². The van der Waals surface area contributed by atoms with Crippen LogP contribution < -0.4 is 10.9 Å². The molecule has 1 aliphatic heterocycles. The van der Waals surface area contributed by atoms with E-state index in [0.717, 1.165) is 22.9 Å². The standard InChI is InChI=1S/C22H19ClN4O3S2/c1-13-5-4-9-26-19(13)25-18(24-8-10-28)15(20(26)29)11-17-21(30)27(22(31)32-17)12-14-6-2-3-7-16(14)23/h2-7,9,11,24,28H,8,10,12H2,1H3/b17-11+. The van der Waals surface area contributed by atoms with Crippen molar-refractivity contribution in [2.24, 2.45) is 0 Å². The molecule has 0 unspecified atom stereocenters. The Labute approximate surface area is 198 Å². The SMILES string of the molecule is Cc1cccn2c(=O)c(/C=C3/SC(=S)N(Cc4ccccc4Cl)C3=O)c(NCCO)nc12. The van der Waals surface area contributed by atoms with Gasteiger partial charge < -0.3 is 10.4 Å². The van der Waals surface area contributed by atoms with E-state index in [4.69, 9.17) is 23.8 Å². The first kappa shape index (κ1) is 22.5. The number of thiocarbonyl (C=S) groups is 1. The van der Waals surface area contributed by atoms with Crippen LogP contribution in [0.1, 0.15) is 16.7 Å². The lowest BCUT2D eigenvalue weighted by Gasteiger charge is -2.15. The summed E-state index contributed by atoms with van der Waals surface area (Å²) in [6, 6.07) is 10.9. The van der Waals surface area contributed by atoms with Crippen LogP contribution >= 0.6 is 35.6 Å². The van der Waals surface area contributed by atoms with Gasteiger partial charge in [-0.15, -0.1) is 0 Å². The molecule has 1 aliphatic rings. The molecule has 2 aromatic heterocycles. The van der Waals surface area contributed by atoms with Crippen molar-refractivity contribution in [3.8, 4) is 0 Å². The first-order chi connectivity index (χ1) is 15.4. The number of benzene rings is 1. The molecule has 0 spiro atoms. The summed E-state index contributed by atoms with van der Waals surface area (Å²) in [7, 11) is 0. The Bertz CT molecular complexity index is 1320. The van der Waals surface area contributed by atoms with Gasteiger partial charge in [0, 0.05) is 17.8 Å². The number of aliphatic hydroxyl groups is 1. The number of rotatable bonds is 6. The number of pyridine rings is 1. The van der Waals surface area contributed by atoms with Crippen molar-refractivity contribution in [2.45, 2.75) is 13.5 Å². The van der Waals surface area contributed by atoms with Crippen molar-refractivity contribution in [2.75, 3.05) is 18.5 Å². The van der Waals surface area contributed by atoms with Crippen molar-refractivity contribution >= 4 is 63.3 Å². The average molecular weight is 487 g/mol. The third kappa shape index (κ3) is 4.29. The fraction of sp³-hybridized carbons (Fsp3) is 0.182. The average Bonchev–Trinajstić information content (AvgIpc) is 3.04. The second-order valence-corrected chi connectivity index (χ2v) is 9.16. The summed E-state index contributed by atoms with van der Waals surface area (Å²) in [5, 5.41) is 12.8. The summed E-state index contributed by atoms with van der Waals surface area (Å²) in [6.45, 7) is 2.18. The van der Waals surface area contributed by atoms with E-state index in [1.807, 2.05) is 31.2 Å². The Morgan fingerprint density at radius 2 is 2.03 bits per heavy atom. The van der Waals surface area contributed by atoms with Crippen LogP contribution in [0.4, 0.5) is 5.82 Å². The number of aliphatic hydroxyl groups excluding tert-OH is 1. The van der Waals surface area contributed by atoms with Crippen molar-refractivity contribution < 1.29 is 9.90 Å². The smallest absolute Gasteiger partial charge is 0.267 e. The molecule has 3 aromatic rings. The highest BCUT2D eigenvalue weighted by Crippen LogP contribution is 2.34. The highest BCUT2D eigenvalue weighted by atomic mass is 35.5.